The van der Waals surface area contributed by atoms with E-state index < -0.39 is 0 Å². The van der Waals surface area contributed by atoms with Crippen molar-refractivity contribution >= 4 is 138 Å². The van der Waals surface area contributed by atoms with Gasteiger partial charge in [0.25, 0.3) is 6.71 Å². The maximum atomic E-state index is 7.80. The predicted molar refractivity (Wildman–Crippen MR) is 413 cm³/mol. The van der Waals surface area contributed by atoms with E-state index in [0.717, 1.165) is 56.1 Å². The lowest BCUT2D eigenvalue weighted by Gasteiger charge is -2.39. The number of furan rings is 1. The van der Waals surface area contributed by atoms with E-state index >= 15 is 0 Å². The van der Waals surface area contributed by atoms with Crippen molar-refractivity contribution in [1.29, 1.82) is 0 Å². The summed E-state index contributed by atoms with van der Waals surface area (Å²) in [6.07, 6.45) is 0. The molecule has 2 aliphatic rings. The van der Waals surface area contributed by atoms with Crippen LogP contribution in [0.2, 0.25) is 0 Å². The van der Waals surface area contributed by atoms with Crippen LogP contribution < -0.4 is 21.5 Å². The standard InChI is InChI=1S/C92H71BN2O/c1-90(2,3)59-38-36-54(37-39-59)57-48-72(55-24-12-10-13-25-55)81(73(49-57)56-26-14-11-15-27-56)58-50-78-86-79(51-58)95-77-46-45-71-67-32-18-16-28-63(67)65-30-20-22-34-69(65)82(71)84(77)85-83-70-35-23-21-31-66(70)64-29-17-19-33-68(64)74(83)53-76(88(85)95)93(86)89-87(75-52-61(92(7,8)9)42-47-80(75)96-89)94(78)62-43-40-60(41-44-62)91(4,5)6/h10-53H,1-9H3. The first-order valence-corrected chi connectivity index (χ1v) is 34.2. The minimum Gasteiger partial charge on any atom is -0.468 e. The molecule has 3 nitrogen and oxygen atoms in total. The van der Waals surface area contributed by atoms with E-state index in [1.54, 1.807) is 0 Å². The van der Waals surface area contributed by atoms with Gasteiger partial charge in [-0.25, -0.2) is 0 Å². The molecule has 2 aliphatic heterocycles. The van der Waals surface area contributed by atoms with Crippen LogP contribution in [0.3, 0.4) is 0 Å². The molecule has 15 aromatic carbocycles. The van der Waals surface area contributed by atoms with Crippen LogP contribution in [-0.2, 0) is 16.2 Å². The Morgan fingerprint density at radius 3 is 1.32 bits per heavy atom. The lowest BCUT2D eigenvalue weighted by Crippen LogP contribution is -2.60. The van der Waals surface area contributed by atoms with Gasteiger partial charge in [0.15, 0.2) is 0 Å². The third kappa shape index (κ3) is 8.21. The highest BCUT2D eigenvalue weighted by atomic mass is 16.3. The largest absolute Gasteiger partial charge is 0.468 e. The van der Waals surface area contributed by atoms with Crippen LogP contribution in [0, 0.1) is 0 Å². The van der Waals surface area contributed by atoms with Crippen LogP contribution in [0.4, 0.5) is 17.1 Å². The van der Waals surface area contributed by atoms with Crippen molar-refractivity contribution in [3.8, 4) is 50.2 Å². The van der Waals surface area contributed by atoms with Crippen molar-refractivity contribution in [3.05, 3.63) is 284 Å². The minimum absolute atomic E-state index is 0.0150. The van der Waals surface area contributed by atoms with Gasteiger partial charge in [0.05, 0.1) is 22.4 Å². The molecular formula is C92H71BN2O. The SMILES string of the molecule is CC(C)(C)c1ccc(-c2cc(-c3ccccc3)c(-c3cc4c5c(c3)-n3c6ccc7c8ccccc8c8ccccc8c7c6c6c7c8ccccc8c8ccccc8c7cc(c63)B5c3oc5ccc(C(C)(C)C)cc5c3N4c3ccc(C(C)(C)C)cc3)c(-c3ccccc3)c2)cc1. The van der Waals surface area contributed by atoms with E-state index in [2.05, 4.69) is 339 Å². The quantitative estimate of drug-likeness (QED) is 0.127. The summed E-state index contributed by atoms with van der Waals surface area (Å²) in [4.78, 5) is 2.60. The highest BCUT2D eigenvalue weighted by Crippen LogP contribution is 2.54. The molecule has 19 rings (SSSR count). The summed E-state index contributed by atoms with van der Waals surface area (Å²) in [6, 6.07) is 102. The molecule has 0 bridgehead atoms. The van der Waals surface area contributed by atoms with Crippen molar-refractivity contribution in [2.75, 3.05) is 4.90 Å². The first kappa shape index (κ1) is 56.6. The van der Waals surface area contributed by atoms with Crippen LogP contribution >= 0.6 is 0 Å². The third-order valence-corrected chi connectivity index (χ3v) is 21.6. The van der Waals surface area contributed by atoms with Gasteiger partial charge in [-0.2, -0.15) is 0 Å². The molecule has 96 heavy (non-hydrogen) atoms. The zero-order valence-corrected chi connectivity index (χ0v) is 55.8. The highest BCUT2D eigenvalue weighted by molar-refractivity contribution is 7.00. The zero-order chi connectivity index (χ0) is 64.8. The molecule has 0 saturated heterocycles. The molecule has 0 atom stereocenters. The van der Waals surface area contributed by atoms with Gasteiger partial charge in [-0.3, -0.25) is 0 Å². The van der Waals surface area contributed by atoms with E-state index in [9.17, 15) is 0 Å². The molecule has 0 aliphatic carbocycles. The monoisotopic (exact) mass is 1230 g/mol. The summed E-state index contributed by atoms with van der Waals surface area (Å²) >= 11 is 0. The molecule has 0 N–H and O–H groups in total. The van der Waals surface area contributed by atoms with Gasteiger partial charge >= 0.3 is 0 Å². The Morgan fingerprint density at radius 2 is 0.781 bits per heavy atom. The van der Waals surface area contributed by atoms with Crippen molar-refractivity contribution < 1.29 is 4.42 Å². The molecule has 0 unspecified atom stereocenters. The van der Waals surface area contributed by atoms with Crippen LogP contribution in [0.25, 0.3) is 148 Å². The Kier molecular flexibility index (Phi) is 12.0. The third-order valence-electron chi connectivity index (χ3n) is 21.6. The van der Waals surface area contributed by atoms with Gasteiger partial charge in [0.1, 0.15) is 5.58 Å². The summed E-state index contributed by atoms with van der Waals surface area (Å²) < 4.78 is 10.5. The number of aromatic nitrogens is 1. The summed E-state index contributed by atoms with van der Waals surface area (Å²) in [5.74, 6) is 0. The second-order valence-corrected chi connectivity index (χ2v) is 30.3. The number of hydrogen-bond acceptors (Lipinski definition) is 2. The van der Waals surface area contributed by atoms with Gasteiger partial charge in [0.2, 0.25) is 0 Å². The molecule has 0 saturated carbocycles. The van der Waals surface area contributed by atoms with E-state index in [1.807, 2.05) is 0 Å². The maximum Gasteiger partial charge on any atom is 0.297 e. The van der Waals surface area contributed by atoms with Crippen LogP contribution in [-0.4, -0.2) is 11.3 Å². The lowest BCUT2D eigenvalue weighted by atomic mass is 9.35. The molecule has 0 spiro atoms. The summed E-state index contributed by atoms with van der Waals surface area (Å²) in [6.45, 7) is 20.5. The maximum absolute atomic E-state index is 7.80. The molecule has 0 fully saturated rings. The second-order valence-electron chi connectivity index (χ2n) is 30.3. The second kappa shape index (κ2) is 20.3. The number of fused-ring (bicyclic) bond motifs is 23. The molecule has 4 heteroatoms. The average Bonchev–Trinajstić information content (AvgIpc) is 1.44. The molecule has 0 radical (unpaired) electrons. The number of benzene rings is 15. The Morgan fingerprint density at radius 1 is 0.323 bits per heavy atom. The lowest BCUT2D eigenvalue weighted by molar-refractivity contribution is 0.590. The van der Waals surface area contributed by atoms with E-state index in [-0.39, 0.29) is 23.0 Å². The number of anilines is 3. The normalized spacial score (nSPS) is 13.2. The van der Waals surface area contributed by atoms with Crippen molar-refractivity contribution in [3.63, 3.8) is 0 Å². The summed E-state index contributed by atoms with van der Waals surface area (Å²) in [7, 11) is 0. The van der Waals surface area contributed by atoms with Crippen LogP contribution in [0.5, 0.6) is 0 Å². The van der Waals surface area contributed by atoms with Crippen molar-refractivity contribution in [2.45, 2.75) is 78.6 Å². The Bertz CT molecular complexity index is 6070. The summed E-state index contributed by atoms with van der Waals surface area (Å²) in [5.41, 5.74) is 24.1. The number of rotatable bonds is 5. The fourth-order valence-electron chi connectivity index (χ4n) is 16.9. The van der Waals surface area contributed by atoms with Gasteiger partial charge in [0, 0.05) is 44.0 Å². The Labute approximate surface area is 560 Å². The average molecular weight is 1230 g/mol. The van der Waals surface area contributed by atoms with Gasteiger partial charge < -0.3 is 13.9 Å². The molecule has 0 amide bonds. The topological polar surface area (TPSA) is 21.3 Å². The van der Waals surface area contributed by atoms with E-state index in [0.29, 0.717) is 0 Å². The molecule has 17 aromatic rings. The number of nitrogens with zero attached hydrogens (tertiary/aromatic N) is 2. The highest BCUT2D eigenvalue weighted by Gasteiger charge is 2.47. The van der Waals surface area contributed by atoms with Crippen molar-refractivity contribution in [2.24, 2.45) is 0 Å². The molecular weight excluding hydrogens is 1160 g/mol. The molecule has 458 valence electrons. The zero-order valence-electron chi connectivity index (χ0n) is 55.8. The van der Waals surface area contributed by atoms with Gasteiger partial charge in [-0.05, 0) is 197 Å². The molecule has 4 heterocycles. The van der Waals surface area contributed by atoms with Crippen LogP contribution in [0.1, 0.15) is 79.0 Å². The van der Waals surface area contributed by atoms with Gasteiger partial charge in [-0.1, -0.05) is 275 Å². The first-order valence-electron chi connectivity index (χ1n) is 34.2. The fourth-order valence-corrected chi connectivity index (χ4v) is 16.9. The summed E-state index contributed by atoms with van der Waals surface area (Å²) in [5, 5.41) is 18.7. The first-order chi connectivity index (χ1) is 46.5. The fraction of sp³-hybridized carbons (Fsp3) is 0.130. The van der Waals surface area contributed by atoms with Crippen LogP contribution in [0.15, 0.2) is 271 Å². The molecule has 2 aromatic heterocycles. The minimum atomic E-state index is -0.326. The van der Waals surface area contributed by atoms with E-state index in [1.165, 1.54) is 142 Å². The Balaban J connectivity index is 1.05. The van der Waals surface area contributed by atoms with Gasteiger partial charge in [-0.15, -0.1) is 0 Å². The smallest absolute Gasteiger partial charge is 0.297 e. The van der Waals surface area contributed by atoms with E-state index in [4.69, 9.17) is 4.42 Å². The predicted octanol–water partition coefficient (Wildman–Crippen LogP) is 23.6. The Hall–Kier alpha value is -10.9. The van der Waals surface area contributed by atoms with Crippen molar-refractivity contribution in [1.82, 2.24) is 4.57 Å². The number of hydrogen-bond donors (Lipinski definition) is 0.